The third-order valence-electron chi connectivity index (χ3n) is 4.45. The molecule has 0 heterocycles. The van der Waals surface area contributed by atoms with Crippen LogP contribution in [0.2, 0.25) is 0 Å². The molecule has 31 heavy (non-hydrogen) atoms. The highest BCUT2D eigenvalue weighted by Gasteiger charge is 2.25. The Bertz CT molecular complexity index is 1010. The molecule has 12 heteroatoms. The Morgan fingerprint density at radius 2 is 1.61 bits per heavy atom. The number of hydrogen-bond donors (Lipinski definition) is 1. The molecule has 2 aromatic carbocycles. The largest absolute Gasteiger partial charge is 0.492 e. The maximum atomic E-state index is 14.0. The van der Waals surface area contributed by atoms with Crippen LogP contribution in [0.1, 0.15) is 20.8 Å². The van der Waals surface area contributed by atoms with Gasteiger partial charge < -0.3 is 15.0 Å². The molecule has 166 valence electrons. The molecule has 0 fully saturated rings. The number of hydrogen-bond acceptors (Lipinski definition) is 9. The van der Waals surface area contributed by atoms with Gasteiger partial charge in [-0.15, -0.1) is 10.2 Å². The monoisotopic (exact) mass is 434 g/mol. The van der Waals surface area contributed by atoms with Gasteiger partial charge in [-0.25, -0.2) is 0 Å². The second-order valence-electron chi connectivity index (χ2n) is 6.20. The van der Waals surface area contributed by atoms with E-state index in [-0.39, 0.29) is 0 Å². The van der Waals surface area contributed by atoms with Gasteiger partial charge in [-0.1, -0.05) is 0 Å². The molecule has 0 unspecified atom stereocenters. The summed E-state index contributed by atoms with van der Waals surface area (Å²) in [6.45, 7) is 7.75. The molecule has 0 saturated carbocycles. The predicted molar refractivity (Wildman–Crippen MR) is 115 cm³/mol. The highest BCUT2D eigenvalue weighted by atomic mass is 19.1. The Hall–Kier alpha value is -3.83. The van der Waals surface area contributed by atoms with Crippen molar-refractivity contribution >= 4 is 34.1 Å². The van der Waals surface area contributed by atoms with Gasteiger partial charge >= 0.3 is 11.4 Å². The summed E-state index contributed by atoms with van der Waals surface area (Å²) < 4.78 is 19.7. The van der Waals surface area contributed by atoms with Crippen LogP contribution >= 0.6 is 0 Å². The van der Waals surface area contributed by atoms with Gasteiger partial charge in [0, 0.05) is 32.3 Å². The summed E-state index contributed by atoms with van der Waals surface area (Å²) in [5.41, 5.74) is -0.478. The van der Waals surface area contributed by atoms with Crippen LogP contribution < -0.4 is 15.0 Å². The molecule has 2 aromatic rings. The van der Waals surface area contributed by atoms with E-state index in [1.807, 2.05) is 26.8 Å². The molecule has 0 amide bonds. The van der Waals surface area contributed by atoms with Gasteiger partial charge in [0.15, 0.2) is 5.69 Å². The SMILES string of the molecule is CCOc1cc(/N=N/c2cc(F)c([N+](=O)[O-])cc2[N+](=O)[O-])c(NC)cc1N(CC)CC. The summed E-state index contributed by atoms with van der Waals surface area (Å²) in [6.07, 6.45) is 0. The molecule has 0 aliphatic rings. The molecule has 0 aliphatic carbocycles. The third-order valence-corrected chi connectivity index (χ3v) is 4.45. The standard InChI is InChI=1S/C19H23FN6O5/c1-5-24(6-2)18-9-13(21-4)14(10-19(18)31-7-3)22-23-15-8-12(20)16(25(27)28)11-17(15)26(29)30/h8-11,21H,5-7H2,1-4H3/b23-22+. The normalized spacial score (nSPS) is 10.9. The number of rotatable bonds is 10. The van der Waals surface area contributed by atoms with Gasteiger partial charge in [0.05, 0.1) is 33.9 Å². The first-order chi connectivity index (χ1) is 14.8. The maximum Gasteiger partial charge on any atom is 0.311 e. The molecular weight excluding hydrogens is 411 g/mol. The highest BCUT2D eigenvalue weighted by Crippen LogP contribution is 2.40. The van der Waals surface area contributed by atoms with Crippen LogP contribution in [0.15, 0.2) is 34.5 Å². The van der Waals surface area contributed by atoms with Crippen molar-refractivity contribution in [1.29, 1.82) is 0 Å². The molecule has 0 aliphatic heterocycles. The number of nitrogens with zero attached hydrogens (tertiary/aromatic N) is 5. The molecule has 0 radical (unpaired) electrons. The summed E-state index contributed by atoms with van der Waals surface area (Å²) in [5.74, 6) is -0.700. The third kappa shape index (κ3) is 5.21. The first kappa shape index (κ1) is 23.4. The van der Waals surface area contributed by atoms with E-state index in [2.05, 4.69) is 20.4 Å². The van der Waals surface area contributed by atoms with Crippen LogP contribution in [0, 0.1) is 26.0 Å². The Morgan fingerprint density at radius 1 is 1.00 bits per heavy atom. The Kier molecular flexibility index (Phi) is 7.77. The zero-order chi connectivity index (χ0) is 23.1. The van der Waals surface area contributed by atoms with E-state index in [1.165, 1.54) is 0 Å². The first-order valence-corrected chi connectivity index (χ1v) is 9.54. The second-order valence-corrected chi connectivity index (χ2v) is 6.20. The number of halogens is 1. The van der Waals surface area contributed by atoms with Gasteiger partial charge in [-0.05, 0) is 26.8 Å². The zero-order valence-corrected chi connectivity index (χ0v) is 17.6. The van der Waals surface area contributed by atoms with E-state index in [0.717, 1.165) is 18.8 Å². The molecule has 0 saturated heterocycles. The fraction of sp³-hybridized carbons (Fsp3) is 0.368. The summed E-state index contributed by atoms with van der Waals surface area (Å²) in [6, 6.07) is 4.58. The number of anilines is 2. The van der Waals surface area contributed by atoms with Gasteiger partial charge in [0.25, 0.3) is 0 Å². The zero-order valence-electron chi connectivity index (χ0n) is 17.6. The fourth-order valence-electron chi connectivity index (χ4n) is 2.94. The van der Waals surface area contributed by atoms with Crippen LogP contribution in [0.3, 0.4) is 0 Å². The first-order valence-electron chi connectivity index (χ1n) is 9.54. The minimum Gasteiger partial charge on any atom is -0.492 e. The summed E-state index contributed by atoms with van der Waals surface area (Å²) in [4.78, 5) is 22.3. The molecule has 1 N–H and O–H groups in total. The van der Waals surface area contributed by atoms with E-state index < -0.39 is 32.7 Å². The van der Waals surface area contributed by atoms with Crippen molar-refractivity contribution in [3.63, 3.8) is 0 Å². The molecule has 11 nitrogen and oxygen atoms in total. The minimum atomic E-state index is -1.25. The number of azo groups is 1. The molecule has 0 spiro atoms. The number of nitrogens with one attached hydrogen (secondary N) is 1. The number of ether oxygens (including phenoxy) is 1. The van der Waals surface area contributed by atoms with Crippen LogP contribution in [-0.2, 0) is 0 Å². The number of nitro benzene ring substituents is 2. The Labute approximate surface area is 177 Å². The molecule has 0 aromatic heterocycles. The predicted octanol–water partition coefficient (Wildman–Crippen LogP) is 5.34. The second kappa shape index (κ2) is 10.3. The lowest BCUT2D eigenvalue weighted by atomic mass is 10.2. The molecule has 0 atom stereocenters. The van der Waals surface area contributed by atoms with E-state index in [0.29, 0.717) is 35.9 Å². The maximum absolute atomic E-state index is 14.0. The number of nitro groups is 2. The van der Waals surface area contributed by atoms with Crippen molar-refractivity contribution < 1.29 is 19.0 Å². The quantitative estimate of drug-likeness (QED) is 0.303. The van der Waals surface area contributed by atoms with Gasteiger partial charge in [0.1, 0.15) is 11.4 Å². The van der Waals surface area contributed by atoms with E-state index >= 15 is 0 Å². The van der Waals surface area contributed by atoms with Crippen molar-refractivity contribution in [2.75, 3.05) is 37.0 Å². The topological polar surface area (TPSA) is 136 Å². The molecule has 2 rings (SSSR count). The smallest absolute Gasteiger partial charge is 0.311 e. The van der Waals surface area contributed by atoms with Crippen LogP contribution in [0.5, 0.6) is 5.75 Å². The lowest BCUT2D eigenvalue weighted by Crippen LogP contribution is -2.22. The van der Waals surface area contributed by atoms with Crippen molar-refractivity contribution in [2.45, 2.75) is 20.8 Å². The summed E-state index contributed by atoms with van der Waals surface area (Å²) in [7, 11) is 1.68. The van der Waals surface area contributed by atoms with Crippen molar-refractivity contribution in [1.82, 2.24) is 0 Å². The van der Waals surface area contributed by atoms with E-state index in [4.69, 9.17) is 4.74 Å². The summed E-state index contributed by atoms with van der Waals surface area (Å²) >= 11 is 0. The molecular formula is C19H23FN6O5. The van der Waals surface area contributed by atoms with Crippen molar-refractivity contribution in [3.8, 4) is 5.75 Å². The van der Waals surface area contributed by atoms with E-state index in [1.54, 1.807) is 13.1 Å². The highest BCUT2D eigenvalue weighted by molar-refractivity contribution is 5.77. The van der Waals surface area contributed by atoms with Crippen molar-refractivity contribution in [3.05, 3.63) is 50.3 Å². The Morgan fingerprint density at radius 3 is 2.13 bits per heavy atom. The van der Waals surface area contributed by atoms with Crippen LogP contribution in [-0.4, -0.2) is 36.6 Å². The van der Waals surface area contributed by atoms with Crippen LogP contribution in [0.25, 0.3) is 0 Å². The lowest BCUT2D eigenvalue weighted by molar-refractivity contribution is -0.395. The summed E-state index contributed by atoms with van der Waals surface area (Å²) in [5, 5.41) is 33.0. The van der Waals surface area contributed by atoms with Gasteiger partial charge in [0.2, 0.25) is 5.82 Å². The average molecular weight is 434 g/mol. The van der Waals surface area contributed by atoms with Gasteiger partial charge in [-0.2, -0.15) is 4.39 Å². The average Bonchev–Trinajstić information content (AvgIpc) is 2.73. The Balaban J connectivity index is 2.59. The van der Waals surface area contributed by atoms with Gasteiger partial charge in [-0.3, -0.25) is 20.2 Å². The van der Waals surface area contributed by atoms with E-state index in [9.17, 15) is 24.6 Å². The lowest BCUT2D eigenvalue weighted by Gasteiger charge is -2.25. The molecule has 0 bridgehead atoms. The minimum absolute atomic E-state index is 0.301. The van der Waals surface area contributed by atoms with Crippen molar-refractivity contribution in [2.24, 2.45) is 10.2 Å². The number of benzene rings is 2. The fourth-order valence-corrected chi connectivity index (χ4v) is 2.94. The van der Waals surface area contributed by atoms with Crippen LogP contribution in [0.4, 0.5) is 38.5 Å².